The van der Waals surface area contributed by atoms with Crippen LogP contribution in [0.2, 0.25) is 0 Å². The molecule has 0 fully saturated rings. The maximum atomic E-state index is 12.7. The van der Waals surface area contributed by atoms with Crippen molar-refractivity contribution < 1.29 is 9.84 Å². The SMILES string of the molecule is COc1ccc(/C=C/c2ccc(C(O)(c3ccc(/C=C/c4ccc(N(C)C)cc4)cc3)c3ccc(/C=C/c4ccc(N(C)C)cc4)cc3)cc2)cc1. The number of rotatable bonds is 12. The van der Waals surface area contributed by atoms with Crippen molar-refractivity contribution in [3.8, 4) is 5.75 Å². The molecule has 6 aromatic carbocycles. The average Bonchev–Trinajstić information content (AvgIpc) is 3.19. The van der Waals surface area contributed by atoms with E-state index in [1.807, 2.05) is 88.9 Å². The molecule has 0 radical (unpaired) electrons. The molecule has 0 atom stereocenters. The second-order valence-electron chi connectivity index (χ2n) is 13.3. The van der Waals surface area contributed by atoms with E-state index in [-0.39, 0.29) is 0 Å². The highest BCUT2D eigenvalue weighted by Gasteiger charge is 2.33. The lowest BCUT2D eigenvalue weighted by Gasteiger charge is -2.30. The maximum absolute atomic E-state index is 12.7. The van der Waals surface area contributed by atoms with E-state index in [0.29, 0.717) is 0 Å². The van der Waals surface area contributed by atoms with Crippen LogP contribution < -0.4 is 14.5 Å². The summed E-state index contributed by atoms with van der Waals surface area (Å²) >= 11 is 0. The molecular weight excluding hydrogens is 637 g/mol. The monoisotopic (exact) mass is 682 g/mol. The van der Waals surface area contributed by atoms with Crippen molar-refractivity contribution in [3.63, 3.8) is 0 Å². The van der Waals surface area contributed by atoms with Crippen LogP contribution in [0.4, 0.5) is 11.4 Å². The Balaban J connectivity index is 1.28. The predicted molar refractivity (Wildman–Crippen MR) is 223 cm³/mol. The van der Waals surface area contributed by atoms with Crippen LogP contribution in [-0.2, 0) is 5.60 Å². The van der Waals surface area contributed by atoms with Gasteiger partial charge in [-0.25, -0.2) is 0 Å². The fourth-order valence-corrected chi connectivity index (χ4v) is 6.07. The first-order valence-electron chi connectivity index (χ1n) is 17.5. The van der Waals surface area contributed by atoms with Crippen LogP contribution in [0.5, 0.6) is 5.75 Å². The normalized spacial score (nSPS) is 11.8. The maximum Gasteiger partial charge on any atom is 0.140 e. The number of anilines is 2. The van der Waals surface area contributed by atoms with E-state index in [4.69, 9.17) is 4.74 Å². The van der Waals surface area contributed by atoms with Crippen molar-refractivity contribution in [2.75, 3.05) is 45.1 Å². The molecule has 0 aliphatic carbocycles. The summed E-state index contributed by atoms with van der Waals surface area (Å²) in [5.74, 6) is 0.832. The van der Waals surface area contributed by atoms with Crippen molar-refractivity contribution in [2.24, 2.45) is 0 Å². The lowest BCUT2D eigenvalue weighted by Crippen LogP contribution is -2.28. The minimum atomic E-state index is -1.37. The van der Waals surface area contributed by atoms with E-state index in [9.17, 15) is 5.11 Å². The molecule has 0 aromatic heterocycles. The number of hydrogen-bond acceptors (Lipinski definition) is 4. The molecule has 0 heterocycles. The Hall–Kier alpha value is -6.10. The van der Waals surface area contributed by atoms with Crippen molar-refractivity contribution in [2.45, 2.75) is 5.60 Å². The van der Waals surface area contributed by atoms with Gasteiger partial charge in [0.25, 0.3) is 0 Å². The Bertz CT molecular complexity index is 2020. The summed E-state index contributed by atoms with van der Waals surface area (Å²) in [7, 11) is 9.84. The Kier molecular flexibility index (Phi) is 11.2. The van der Waals surface area contributed by atoms with Gasteiger partial charge in [0.2, 0.25) is 0 Å². The molecule has 0 aliphatic rings. The largest absolute Gasteiger partial charge is 0.497 e. The number of ether oxygens (including phenoxy) is 1. The lowest BCUT2D eigenvalue weighted by atomic mass is 9.79. The molecule has 1 N–H and O–H groups in total. The second-order valence-corrected chi connectivity index (χ2v) is 13.3. The summed E-state index contributed by atoms with van der Waals surface area (Å²) in [6.45, 7) is 0. The number of methoxy groups -OCH3 is 1. The van der Waals surface area contributed by atoms with E-state index < -0.39 is 5.60 Å². The van der Waals surface area contributed by atoms with E-state index in [1.165, 1.54) is 11.4 Å². The van der Waals surface area contributed by atoms with Crippen molar-refractivity contribution in [3.05, 3.63) is 196 Å². The van der Waals surface area contributed by atoms with Crippen LogP contribution >= 0.6 is 0 Å². The van der Waals surface area contributed by atoms with Crippen molar-refractivity contribution in [1.82, 2.24) is 0 Å². The van der Waals surface area contributed by atoms with Gasteiger partial charge in [-0.3, -0.25) is 0 Å². The Morgan fingerprint density at radius 3 is 0.846 bits per heavy atom. The number of nitrogens with zero attached hydrogens (tertiary/aromatic N) is 2. The highest BCUT2D eigenvalue weighted by Crippen LogP contribution is 2.37. The summed E-state index contributed by atoms with van der Waals surface area (Å²) in [6, 6.07) is 49.4. The van der Waals surface area contributed by atoms with E-state index in [0.717, 1.165) is 55.8 Å². The third kappa shape index (κ3) is 8.60. The Morgan fingerprint density at radius 1 is 0.385 bits per heavy atom. The smallest absolute Gasteiger partial charge is 0.140 e. The van der Waals surface area contributed by atoms with E-state index >= 15 is 0 Å². The Morgan fingerprint density at radius 2 is 0.615 bits per heavy atom. The molecule has 0 saturated heterocycles. The molecule has 0 spiro atoms. The molecular formula is C48H46N2O2. The van der Waals surface area contributed by atoms with Gasteiger partial charge in [0.1, 0.15) is 11.4 Å². The first kappa shape index (κ1) is 35.7. The second kappa shape index (κ2) is 16.3. The predicted octanol–water partition coefficient (Wildman–Crippen LogP) is 10.6. The van der Waals surface area contributed by atoms with Gasteiger partial charge in [0, 0.05) is 39.6 Å². The fraction of sp³-hybridized carbons (Fsp3) is 0.125. The molecule has 0 aliphatic heterocycles. The zero-order chi connectivity index (χ0) is 36.5. The number of aliphatic hydroxyl groups is 1. The van der Waals surface area contributed by atoms with Crippen LogP contribution in [0.3, 0.4) is 0 Å². The van der Waals surface area contributed by atoms with E-state index in [2.05, 4.69) is 131 Å². The van der Waals surface area contributed by atoms with Gasteiger partial charge in [-0.05, 0) is 86.5 Å². The first-order valence-corrected chi connectivity index (χ1v) is 17.5. The minimum Gasteiger partial charge on any atom is -0.497 e. The molecule has 0 amide bonds. The van der Waals surface area contributed by atoms with Crippen LogP contribution in [0.25, 0.3) is 36.5 Å². The first-order chi connectivity index (χ1) is 25.2. The summed E-state index contributed by atoms with van der Waals surface area (Å²) in [6.07, 6.45) is 12.6. The summed E-state index contributed by atoms with van der Waals surface area (Å²) in [5, 5.41) is 12.7. The van der Waals surface area contributed by atoms with Crippen LogP contribution in [0.1, 0.15) is 50.1 Å². The molecule has 4 nitrogen and oxygen atoms in total. The number of hydrogen-bond donors (Lipinski definition) is 1. The molecule has 0 saturated carbocycles. The van der Waals surface area contributed by atoms with Gasteiger partial charge in [0.05, 0.1) is 7.11 Å². The standard InChI is InChI=1S/C48H46N2O2/c1-49(2)45-30-18-39(19-31-45)9-6-36-12-24-42(25-13-36)48(51,44-28-16-38(17-29-44)8-11-41-22-34-47(52-5)35-23-41)43-26-14-37(15-27-43)7-10-40-20-32-46(33-21-40)50(3)4/h6-35,51H,1-5H3/b9-6+,10-7+,11-8+. The van der Waals surface area contributed by atoms with Crippen molar-refractivity contribution in [1.29, 1.82) is 0 Å². The zero-order valence-corrected chi connectivity index (χ0v) is 30.6. The zero-order valence-electron chi connectivity index (χ0n) is 30.6. The van der Waals surface area contributed by atoms with E-state index in [1.54, 1.807) is 7.11 Å². The van der Waals surface area contributed by atoms with Gasteiger partial charge in [-0.1, -0.05) is 146 Å². The number of benzene rings is 6. The van der Waals surface area contributed by atoms with Gasteiger partial charge in [-0.15, -0.1) is 0 Å². The minimum absolute atomic E-state index is 0.794. The fourth-order valence-electron chi connectivity index (χ4n) is 6.07. The van der Waals surface area contributed by atoms with Crippen molar-refractivity contribution >= 4 is 47.8 Å². The van der Waals surface area contributed by atoms with Gasteiger partial charge >= 0.3 is 0 Å². The highest BCUT2D eigenvalue weighted by atomic mass is 16.5. The van der Waals surface area contributed by atoms with Crippen LogP contribution in [0.15, 0.2) is 146 Å². The van der Waals surface area contributed by atoms with Gasteiger partial charge < -0.3 is 19.6 Å². The van der Waals surface area contributed by atoms with Crippen LogP contribution in [0, 0.1) is 0 Å². The summed E-state index contributed by atoms with van der Waals surface area (Å²) in [5.41, 5.74) is 9.86. The van der Waals surface area contributed by atoms with Crippen LogP contribution in [-0.4, -0.2) is 40.4 Å². The molecule has 0 bridgehead atoms. The summed E-state index contributed by atoms with van der Waals surface area (Å²) in [4.78, 5) is 4.19. The quantitative estimate of drug-likeness (QED) is 0.103. The summed E-state index contributed by atoms with van der Waals surface area (Å²) < 4.78 is 5.29. The van der Waals surface area contributed by atoms with Gasteiger partial charge in [-0.2, -0.15) is 0 Å². The molecule has 6 aromatic rings. The molecule has 4 heteroatoms. The third-order valence-electron chi connectivity index (χ3n) is 9.32. The molecule has 52 heavy (non-hydrogen) atoms. The Labute approximate surface area is 308 Å². The highest BCUT2D eigenvalue weighted by molar-refractivity contribution is 5.73. The molecule has 260 valence electrons. The molecule has 6 rings (SSSR count). The van der Waals surface area contributed by atoms with Gasteiger partial charge in [0.15, 0.2) is 0 Å². The molecule has 0 unspecified atom stereocenters. The topological polar surface area (TPSA) is 35.9 Å². The average molecular weight is 683 g/mol. The lowest BCUT2D eigenvalue weighted by molar-refractivity contribution is 0.125. The third-order valence-corrected chi connectivity index (χ3v) is 9.32.